The van der Waals surface area contributed by atoms with Crippen molar-refractivity contribution in [2.75, 3.05) is 4.90 Å². The van der Waals surface area contributed by atoms with Crippen LogP contribution in [0.4, 0.5) is 11.4 Å². The quantitative estimate of drug-likeness (QED) is 0.121. The van der Waals surface area contributed by atoms with Crippen LogP contribution in [0.1, 0.15) is 44.4 Å². The highest BCUT2D eigenvalue weighted by Crippen LogP contribution is 2.61. The highest BCUT2D eigenvalue weighted by molar-refractivity contribution is 6.23. The minimum atomic E-state index is -0.752. The lowest BCUT2D eigenvalue weighted by molar-refractivity contribution is -0.384. The molecule has 0 radical (unpaired) electrons. The number of non-ortho nitro benzene ring substituents is 1. The van der Waals surface area contributed by atoms with E-state index in [1.165, 1.54) is 35.2 Å². The summed E-state index contributed by atoms with van der Waals surface area (Å²) < 4.78 is 5.38. The van der Waals surface area contributed by atoms with Crippen LogP contribution < -0.4 is 9.64 Å². The zero-order valence-electron chi connectivity index (χ0n) is 20.4. The summed E-state index contributed by atoms with van der Waals surface area (Å²) >= 11 is 0. The maximum absolute atomic E-state index is 13.9. The molecule has 2 atom stereocenters. The molecule has 8 heteroatoms. The Morgan fingerprint density at radius 2 is 1.23 bits per heavy atom. The van der Waals surface area contributed by atoms with E-state index in [9.17, 15) is 24.5 Å². The fourth-order valence-electron chi connectivity index (χ4n) is 6.51. The third-order valence-corrected chi connectivity index (χ3v) is 8.05. The topological polar surface area (TPSA) is 107 Å². The van der Waals surface area contributed by atoms with Crippen molar-refractivity contribution in [3.8, 4) is 5.75 Å². The van der Waals surface area contributed by atoms with Gasteiger partial charge in [0.15, 0.2) is 0 Å². The second-order valence-corrected chi connectivity index (χ2v) is 9.97. The van der Waals surface area contributed by atoms with Crippen LogP contribution in [-0.2, 0) is 9.59 Å². The van der Waals surface area contributed by atoms with Crippen molar-refractivity contribution >= 4 is 29.2 Å². The molecular formula is C31H20N2O6. The third kappa shape index (κ3) is 3.34. The van der Waals surface area contributed by atoms with Crippen molar-refractivity contribution in [1.29, 1.82) is 0 Å². The molecule has 39 heavy (non-hydrogen) atoms. The first-order valence-corrected chi connectivity index (χ1v) is 12.6. The van der Waals surface area contributed by atoms with Crippen LogP contribution in [0, 0.1) is 22.0 Å². The molecular weight excluding hydrogens is 496 g/mol. The Kier molecular flexibility index (Phi) is 5.00. The summed E-state index contributed by atoms with van der Waals surface area (Å²) in [5.74, 6) is -2.38. The zero-order valence-corrected chi connectivity index (χ0v) is 20.4. The molecule has 1 fully saturated rings. The van der Waals surface area contributed by atoms with E-state index in [1.54, 1.807) is 12.1 Å². The molecule has 1 aliphatic heterocycles. The van der Waals surface area contributed by atoms with Crippen LogP contribution >= 0.6 is 0 Å². The molecule has 4 aromatic carbocycles. The molecule has 0 aromatic heterocycles. The average Bonchev–Trinajstić information content (AvgIpc) is 3.23. The molecule has 4 aliphatic rings. The summed E-state index contributed by atoms with van der Waals surface area (Å²) in [6.07, 6.45) is 0. The SMILES string of the molecule is O=C(Oc1ccc(N2C(=O)[C@H]3C4c5ccccc5C(c5ccccc54)[C@@H]3C2=O)cc1)c1cccc([N+](=O)[O-])c1. The smallest absolute Gasteiger partial charge is 0.343 e. The van der Waals surface area contributed by atoms with Gasteiger partial charge < -0.3 is 4.74 Å². The number of nitro benzene ring substituents is 1. The van der Waals surface area contributed by atoms with E-state index in [4.69, 9.17) is 4.74 Å². The second kappa shape index (κ2) is 8.46. The molecule has 1 heterocycles. The number of hydrogen-bond acceptors (Lipinski definition) is 6. The predicted molar refractivity (Wildman–Crippen MR) is 141 cm³/mol. The zero-order chi connectivity index (χ0) is 26.8. The lowest BCUT2D eigenvalue weighted by atomic mass is 9.55. The van der Waals surface area contributed by atoms with Gasteiger partial charge in [-0.3, -0.25) is 19.7 Å². The number of nitrogens with zero attached hydrogens (tertiary/aromatic N) is 2. The van der Waals surface area contributed by atoms with Crippen molar-refractivity contribution in [2.45, 2.75) is 11.8 Å². The molecule has 0 unspecified atom stereocenters. The van der Waals surface area contributed by atoms with E-state index >= 15 is 0 Å². The van der Waals surface area contributed by atoms with Crippen LogP contribution in [0.25, 0.3) is 0 Å². The second-order valence-electron chi connectivity index (χ2n) is 9.97. The normalized spacial score (nSPS) is 22.2. The van der Waals surface area contributed by atoms with Crippen LogP contribution in [-0.4, -0.2) is 22.7 Å². The lowest BCUT2D eigenvalue weighted by Crippen LogP contribution is -2.41. The Bertz CT molecular complexity index is 1600. The maximum atomic E-state index is 13.9. The van der Waals surface area contributed by atoms with Gasteiger partial charge in [-0.05, 0) is 52.6 Å². The number of rotatable bonds is 4. The Labute approximate surface area is 222 Å². The number of hydrogen-bond donors (Lipinski definition) is 0. The molecule has 2 bridgehead atoms. The van der Waals surface area contributed by atoms with Crippen LogP contribution in [0.3, 0.4) is 0 Å². The number of benzene rings is 4. The van der Waals surface area contributed by atoms with Gasteiger partial charge in [0.05, 0.1) is 28.0 Å². The van der Waals surface area contributed by atoms with Gasteiger partial charge in [0.1, 0.15) is 5.75 Å². The fraction of sp³-hybridized carbons (Fsp3) is 0.129. The number of nitro groups is 1. The molecule has 1 saturated heterocycles. The van der Waals surface area contributed by atoms with Gasteiger partial charge in [0.2, 0.25) is 11.8 Å². The molecule has 8 rings (SSSR count). The number of amides is 2. The molecule has 2 amide bonds. The first kappa shape index (κ1) is 23.0. The number of anilines is 1. The largest absolute Gasteiger partial charge is 0.423 e. The van der Waals surface area contributed by atoms with Gasteiger partial charge in [-0.15, -0.1) is 0 Å². The third-order valence-electron chi connectivity index (χ3n) is 8.05. The lowest BCUT2D eigenvalue weighted by Gasteiger charge is -2.45. The first-order valence-electron chi connectivity index (χ1n) is 12.6. The molecule has 8 nitrogen and oxygen atoms in total. The molecule has 0 saturated carbocycles. The number of esters is 1. The summed E-state index contributed by atoms with van der Waals surface area (Å²) in [5.41, 5.74) is 4.65. The van der Waals surface area contributed by atoms with E-state index < -0.39 is 22.7 Å². The van der Waals surface area contributed by atoms with Gasteiger partial charge >= 0.3 is 5.97 Å². The Balaban J connectivity index is 1.18. The van der Waals surface area contributed by atoms with Crippen LogP contribution in [0.2, 0.25) is 0 Å². The summed E-state index contributed by atoms with van der Waals surface area (Å²) in [4.78, 5) is 51.9. The number of carbonyl (C=O) groups is 3. The fourth-order valence-corrected chi connectivity index (χ4v) is 6.51. The summed E-state index contributed by atoms with van der Waals surface area (Å²) in [5, 5.41) is 11.0. The van der Waals surface area contributed by atoms with Crippen molar-refractivity contribution in [2.24, 2.45) is 11.8 Å². The summed E-state index contributed by atoms with van der Waals surface area (Å²) in [6.45, 7) is 0. The maximum Gasteiger partial charge on any atom is 0.343 e. The molecule has 3 aliphatic carbocycles. The minimum absolute atomic E-state index is 0.0388. The van der Waals surface area contributed by atoms with E-state index in [1.807, 2.05) is 24.3 Å². The van der Waals surface area contributed by atoms with Gasteiger partial charge in [-0.25, -0.2) is 9.69 Å². The number of carbonyl (C=O) groups excluding carboxylic acids is 3. The van der Waals surface area contributed by atoms with E-state index in [0.29, 0.717) is 5.69 Å². The summed E-state index contributed by atoms with van der Waals surface area (Å²) in [7, 11) is 0. The Morgan fingerprint density at radius 3 is 1.72 bits per heavy atom. The van der Waals surface area contributed by atoms with E-state index in [0.717, 1.165) is 28.3 Å². The molecule has 0 N–H and O–H groups in total. The Morgan fingerprint density at radius 1 is 0.718 bits per heavy atom. The standard InChI is InChI=1S/C31H20N2O6/c34-29-27-25-21-8-1-2-9-22(21)26(24-11-4-3-10-23(24)25)28(27)30(35)32(29)18-12-14-20(15-13-18)39-31(36)17-6-5-7-19(16-17)33(37)38/h1-16,25-28H/t25?,26?,27-,28-/m0/s1. The molecule has 190 valence electrons. The van der Waals surface area contributed by atoms with Crippen LogP contribution in [0.15, 0.2) is 97.1 Å². The number of imide groups is 1. The molecule has 0 spiro atoms. The van der Waals surface area contributed by atoms with E-state index in [-0.39, 0.29) is 40.7 Å². The summed E-state index contributed by atoms with van der Waals surface area (Å²) in [6, 6.07) is 27.6. The van der Waals surface area contributed by atoms with Gasteiger partial charge in [-0.2, -0.15) is 0 Å². The van der Waals surface area contributed by atoms with Gasteiger partial charge in [0.25, 0.3) is 5.69 Å². The highest BCUT2D eigenvalue weighted by Gasteiger charge is 2.61. The van der Waals surface area contributed by atoms with Crippen LogP contribution in [0.5, 0.6) is 5.75 Å². The first-order chi connectivity index (χ1) is 18.9. The van der Waals surface area contributed by atoms with Crippen molar-refractivity contribution < 1.29 is 24.0 Å². The van der Waals surface area contributed by atoms with Crippen molar-refractivity contribution in [3.05, 3.63) is 135 Å². The van der Waals surface area contributed by atoms with Crippen molar-refractivity contribution in [1.82, 2.24) is 0 Å². The van der Waals surface area contributed by atoms with Gasteiger partial charge in [-0.1, -0.05) is 54.6 Å². The Hall–Kier alpha value is -5.11. The average molecular weight is 517 g/mol. The van der Waals surface area contributed by atoms with E-state index in [2.05, 4.69) is 24.3 Å². The monoisotopic (exact) mass is 516 g/mol. The highest BCUT2D eigenvalue weighted by atomic mass is 16.6. The molecule has 4 aromatic rings. The van der Waals surface area contributed by atoms with Crippen molar-refractivity contribution in [3.63, 3.8) is 0 Å². The minimum Gasteiger partial charge on any atom is -0.423 e. The van der Waals surface area contributed by atoms with Gasteiger partial charge in [0, 0.05) is 24.0 Å². The predicted octanol–water partition coefficient (Wildman–Crippen LogP) is 5.21. The number of ether oxygens (including phenoxy) is 1.